The summed E-state index contributed by atoms with van der Waals surface area (Å²) in [5, 5.41) is 15.9. The number of aryl methyl sites for hydroxylation is 1. The third-order valence-electron chi connectivity index (χ3n) is 4.08. The minimum atomic E-state index is -0.734. The Morgan fingerprint density at radius 2 is 2.00 bits per heavy atom. The molecule has 3 aromatic carbocycles. The van der Waals surface area contributed by atoms with Crippen LogP contribution in [0.3, 0.4) is 0 Å². The number of halogens is 1. The van der Waals surface area contributed by atoms with Gasteiger partial charge in [0.2, 0.25) is 0 Å². The van der Waals surface area contributed by atoms with Gasteiger partial charge in [0, 0.05) is 5.56 Å². The van der Waals surface area contributed by atoms with Gasteiger partial charge in [-0.15, -0.1) is 0 Å². The van der Waals surface area contributed by atoms with Crippen molar-refractivity contribution in [3.05, 3.63) is 70.2 Å². The molecule has 0 aliphatic rings. The number of hydrazone groups is 1. The van der Waals surface area contributed by atoms with Crippen molar-refractivity contribution in [1.82, 2.24) is 5.43 Å². The molecule has 3 aromatic rings. The molecular weight excluding hydrogens is 408 g/mol. The predicted molar refractivity (Wildman–Crippen MR) is 110 cm³/mol. The van der Waals surface area contributed by atoms with Gasteiger partial charge in [-0.05, 0) is 64.3 Å². The lowest BCUT2D eigenvalue weighted by atomic mass is 10.0. The van der Waals surface area contributed by atoms with Gasteiger partial charge < -0.3 is 9.84 Å². The smallest absolute Gasteiger partial charge is 0.280 e. The van der Waals surface area contributed by atoms with E-state index in [2.05, 4.69) is 26.5 Å². The molecule has 1 amide bonds. The zero-order valence-electron chi connectivity index (χ0n) is 14.9. The molecule has 1 atom stereocenters. The lowest BCUT2D eigenvalue weighted by Gasteiger charge is -2.14. The summed E-state index contributed by atoms with van der Waals surface area (Å²) in [5.41, 5.74) is 4.09. The van der Waals surface area contributed by atoms with Crippen LogP contribution in [0.5, 0.6) is 11.5 Å². The van der Waals surface area contributed by atoms with Crippen molar-refractivity contribution in [1.29, 1.82) is 0 Å². The van der Waals surface area contributed by atoms with E-state index in [4.69, 9.17) is 4.74 Å². The number of nitrogens with one attached hydrogen (secondary N) is 1. The van der Waals surface area contributed by atoms with Crippen LogP contribution in [0, 0.1) is 6.92 Å². The molecular formula is C21H19BrN2O3. The fourth-order valence-electron chi connectivity index (χ4n) is 2.62. The zero-order valence-corrected chi connectivity index (χ0v) is 16.5. The van der Waals surface area contributed by atoms with Crippen molar-refractivity contribution in [3.63, 3.8) is 0 Å². The molecule has 0 saturated heterocycles. The van der Waals surface area contributed by atoms with E-state index in [1.807, 2.05) is 49.4 Å². The van der Waals surface area contributed by atoms with Crippen molar-refractivity contribution in [2.24, 2.45) is 5.10 Å². The molecule has 0 saturated carbocycles. The van der Waals surface area contributed by atoms with Crippen molar-refractivity contribution in [2.45, 2.75) is 20.0 Å². The molecule has 0 aliphatic carbocycles. The van der Waals surface area contributed by atoms with Crippen LogP contribution >= 0.6 is 15.9 Å². The van der Waals surface area contributed by atoms with E-state index in [0.29, 0.717) is 11.3 Å². The molecule has 0 aliphatic heterocycles. The first-order valence-corrected chi connectivity index (χ1v) is 9.21. The van der Waals surface area contributed by atoms with Crippen LogP contribution in [-0.2, 0) is 4.79 Å². The Morgan fingerprint density at radius 3 is 2.78 bits per heavy atom. The van der Waals surface area contributed by atoms with Crippen molar-refractivity contribution < 1.29 is 14.6 Å². The number of phenolic OH excluding ortho intramolecular Hbond substituents is 1. The van der Waals surface area contributed by atoms with E-state index in [1.54, 1.807) is 19.1 Å². The number of phenols is 1. The first-order chi connectivity index (χ1) is 13.0. The van der Waals surface area contributed by atoms with Crippen LogP contribution in [0.1, 0.15) is 18.1 Å². The van der Waals surface area contributed by atoms with E-state index in [-0.39, 0.29) is 5.75 Å². The summed E-state index contributed by atoms with van der Waals surface area (Å²) in [7, 11) is 0. The molecule has 6 heteroatoms. The second kappa shape index (κ2) is 8.22. The Kier molecular flexibility index (Phi) is 5.76. The number of amides is 1. The van der Waals surface area contributed by atoms with E-state index < -0.39 is 12.0 Å². The Hall–Kier alpha value is -2.86. The fraction of sp³-hybridized carbons (Fsp3) is 0.143. The highest BCUT2D eigenvalue weighted by Crippen LogP contribution is 2.27. The Bertz CT molecular complexity index is 1020. The van der Waals surface area contributed by atoms with E-state index >= 15 is 0 Å². The summed E-state index contributed by atoms with van der Waals surface area (Å²) in [5.74, 6) is 0.289. The average Bonchev–Trinajstić information content (AvgIpc) is 2.65. The van der Waals surface area contributed by atoms with Crippen LogP contribution in [0.25, 0.3) is 10.8 Å². The maximum absolute atomic E-state index is 12.2. The van der Waals surface area contributed by atoms with Crippen LogP contribution in [0.4, 0.5) is 0 Å². The summed E-state index contributed by atoms with van der Waals surface area (Å²) < 4.78 is 6.46. The number of rotatable bonds is 5. The van der Waals surface area contributed by atoms with Crippen molar-refractivity contribution in [3.8, 4) is 11.5 Å². The highest BCUT2D eigenvalue weighted by Gasteiger charge is 2.15. The monoisotopic (exact) mass is 426 g/mol. The highest BCUT2D eigenvalue weighted by atomic mass is 79.9. The number of hydrogen-bond donors (Lipinski definition) is 2. The number of carbonyl (C=O) groups is 1. The molecule has 0 unspecified atom stereocenters. The summed E-state index contributed by atoms with van der Waals surface area (Å²) in [6.45, 7) is 3.62. The second-order valence-electron chi connectivity index (χ2n) is 6.15. The SMILES string of the molecule is Cc1ccc(O[C@@H](C)C(=O)N/N=C/c2c(O)ccc3ccccc23)c(Br)c1. The van der Waals surface area contributed by atoms with Crippen LogP contribution in [-0.4, -0.2) is 23.3 Å². The number of ether oxygens (including phenoxy) is 1. The average molecular weight is 427 g/mol. The highest BCUT2D eigenvalue weighted by molar-refractivity contribution is 9.10. The molecule has 0 bridgehead atoms. The Labute approximate surface area is 165 Å². The third-order valence-corrected chi connectivity index (χ3v) is 4.70. The maximum Gasteiger partial charge on any atom is 0.280 e. The third kappa shape index (κ3) is 4.46. The number of benzene rings is 3. The van der Waals surface area contributed by atoms with E-state index in [9.17, 15) is 9.90 Å². The van der Waals surface area contributed by atoms with Gasteiger partial charge in [-0.1, -0.05) is 36.4 Å². The quantitative estimate of drug-likeness (QED) is 0.464. The Balaban J connectivity index is 1.69. The second-order valence-corrected chi connectivity index (χ2v) is 7.00. The van der Waals surface area contributed by atoms with Gasteiger partial charge in [0.15, 0.2) is 6.10 Å². The molecule has 0 heterocycles. The van der Waals surface area contributed by atoms with Crippen LogP contribution in [0.2, 0.25) is 0 Å². The lowest BCUT2D eigenvalue weighted by molar-refractivity contribution is -0.127. The standard InChI is InChI=1S/C21H19BrN2O3/c1-13-7-10-20(18(22)11-13)27-14(2)21(26)24-23-12-17-16-6-4-3-5-15(16)8-9-19(17)25/h3-12,14,25H,1-2H3,(H,24,26)/b23-12+/t14-/m0/s1. The summed E-state index contributed by atoms with van der Waals surface area (Å²) in [6.07, 6.45) is 0.701. The number of carbonyl (C=O) groups excluding carboxylic acids is 1. The van der Waals surface area contributed by atoms with Crippen LogP contribution in [0.15, 0.2) is 64.2 Å². The number of nitrogens with zero attached hydrogens (tertiary/aromatic N) is 1. The molecule has 27 heavy (non-hydrogen) atoms. The Morgan fingerprint density at radius 1 is 1.22 bits per heavy atom. The van der Waals surface area contributed by atoms with Crippen molar-refractivity contribution >= 4 is 38.8 Å². The first kappa shape index (κ1) is 18.9. The summed E-state index contributed by atoms with van der Waals surface area (Å²) >= 11 is 3.42. The molecule has 0 spiro atoms. The maximum atomic E-state index is 12.2. The van der Waals surface area contributed by atoms with E-state index in [0.717, 1.165) is 20.8 Å². The van der Waals surface area contributed by atoms with E-state index in [1.165, 1.54) is 6.21 Å². The minimum absolute atomic E-state index is 0.0968. The van der Waals surface area contributed by atoms with Crippen LogP contribution < -0.4 is 10.2 Å². The van der Waals surface area contributed by atoms with Gasteiger partial charge >= 0.3 is 0 Å². The van der Waals surface area contributed by atoms with Gasteiger partial charge in [-0.3, -0.25) is 4.79 Å². The molecule has 0 aromatic heterocycles. The minimum Gasteiger partial charge on any atom is -0.507 e. The normalized spacial score (nSPS) is 12.3. The van der Waals surface area contributed by atoms with Gasteiger partial charge in [0.25, 0.3) is 5.91 Å². The molecule has 138 valence electrons. The zero-order chi connectivity index (χ0) is 19.4. The number of aromatic hydroxyl groups is 1. The summed E-state index contributed by atoms with van der Waals surface area (Å²) in [4.78, 5) is 12.2. The molecule has 0 radical (unpaired) electrons. The van der Waals surface area contributed by atoms with Crippen molar-refractivity contribution in [2.75, 3.05) is 0 Å². The largest absolute Gasteiger partial charge is 0.507 e. The van der Waals surface area contributed by atoms with Gasteiger partial charge in [0.1, 0.15) is 11.5 Å². The predicted octanol–water partition coefficient (Wildman–Crippen LogP) is 4.53. The molecule has 5 nitrogen and oxygen atoms in total. The molecule has 0 fully saturated rings. The van der Waals surface area contributed by atoms with Gasteiger partial charge in [-0.2, -0.15) is 5.10 Å². The summed E-state index contributed by atoms with van der Waals surface area (Å²) in [6, 6.07) is 16.7. The van der Waals surface area contributed by atoms with Gasteiger partial charge in [-0.25, -0.2) is 5.43 Å². The first-order valence-electron chi connectivity index (χ1n) is 8.42. The van der Waals surface area contributed by atoms with Gasteiger partial charge in [0.05, 0.1) is 10.7 Å². The molecule has 2 N–H and O–H groups in total. The molecule has 3 rings (SSSR count). The topological polar surface area (TPSA) is 70.9 Å². The fourth-order valence-corrected chi connectivity index (χ4v) is 3.20. The number of hydrogen-bond acceptors (Lipinski definition) is 4. The lowest BCUT2D eigenvalue weighted by Crippen LogP contribution is -2.33. The number of fused-ring (bicyclic) bond motifs is 1.